The molecule has 0 saturated heterocycles. The Morgan fingerprint density at radius 3 is 2.65 bits per heavy atom. The van der Waals surface area contributed by atoms with E-state index >= 15 is 0 Å². The highest BCUT2D eigenvalue weighted by Gasteiger charge is 2.12. The minimum Gasteiger partial charge on any atom is -0.334 e. The molecule has 1 heterocycles. The van der Waals surface area contributed by atoms with Crippen molar-refractivity contribution < 1.29 is 4.39 Å². The molecule has 3 aromatic rings. The van der Waals surface area contributed by atoms with Crippen molar-refractivity contribution >= 4 is 34.9 Å². The highest BCUT2D eigenvalue weighted by Crippen LogP contribution is 2.25. The molecule has 0 amide bonds. The zero-order chi connectivity index (χ0) is 18.7. The van der Waals surface area contributed by atoms with Crippen LogP contribution >= 0.6 is 23.4 Å². The van der Waals surface area contributed by atoms with Gasteiger partial charge in [0.25, 0.3) is 5.56 Å². The summed E-state index contributed by atoms with van der Waals surface area (Å²) in [4.78, 5) is 12.5. The number of nitrogens with zero attached hydrogens (tertiary/aromatic N) is 3. The van der Waals surface area contributed by atoms with Crippen molar-refractivity contribution in [3.8, 4) is 0 Å². The summed E-state index contributed by atoms with van der Waals surface area (Å²) in [7, 11) is 1.64. The van der Waals surface area contributed by atoms with Gasteiger partial charge in [-0.25, -0.2) is 4.39 Å². The van der Waals surface area contributed by atoms with Gasteiger partial charge in [0.15, 0.2) is 5.16 Å². The number of halogens is 2. The van der Waals surface area contributed by atoms with Gasteiger partial charge in [-0.15, -0.1) is 10.2 Å². The fourth-order valence-corrected chi connectivity index (χ4v) is 3.29. The van der Waals surface area contributed by atoms with Gasteiger partial charge in [-0.1, -0.05) is 41.6 Å². The van der Waals surface area contributed by atoms with Crippen LogP contribution in [0.5, 0.6) is 0 Å². The number of hydrogen-bond donors (Lipinski definition) is 1. The van der Waals surface area contributed by atoms with Crippen molar-refractivity contribution in [2.75, 3.05) is 5.32 Å². The minimum atomic E-state index is -0.291. The van der Waals surface area contributed by atoms with E-state index in [1.54, 1.807) is 31.3 Å². The van der Waals surface area contributed by atoms with Crippen LogP contribution in [0.25, 0.3) is 0 Å². The van der Waals surface area contributed by atoms with E-state index in [2.05, 4.69) is 15.5 Å². The van der Waals surface area contributed by atoms with Gasteiger partial charge in [0.05, 0.1) is 0 Å². The Morgan fingerprint density at radius 2 is 1.92 bits per heavy atom. The summed E-state index contributed by atoms with van der Waals surface area (Å²) in [6.45, 7) is 1.86. The average molecular weight is 391 g/mol. The van der Waals surface area contributed by atoms with E-state index in [0.717, 1.165) is 11.1 Å². The molecule has 26 heavy (non-hydrogen) atoms. The van der Waals surface area contributed by atoms with Gasteiger partial charge in [-0.3, -0.25) is 9.36 Å². The van der Waals surface area contributed by atoms with Crippen molar-refractivity contribution in [1.29, 1.82) is 0 Å². The van der Waals surface area contributed by atoms with E-state index in [1.165, 1.54) is 28.5 Å². The molecule has 1 N–H and O–H groups in total. The van der Waals surface area contributed by atoms with Crippen LogP contribution in [-0.4, -0.2) is 14.8 Å². The van der Waals surface area contributed by atoms with Crippen LogP contribution in [-0.2, 0) is 12.8 Å². The van der Waals surface area contributed by atoms with Crippen LogP contribution in [0.4, 0.5) is 15.9 Å². The lowest BCUT2D eigenvalue weighted by Gasteiger charge is -2.11. The first-order chi connectivity index (χ1) is 12.5. The number of hydrogen-bond acceptors (Lipinski definition) is 5. The first kappa shape index (κ1) is 18.4. The molecule has 0 aliphatic heterocycles. The third-order valence-corrected chi connectivity index (χ3v) is 5.33. The van der Waals surface area contributed by atoms with Gasteiger partial charge < -0.3 is 5.32 Å². The number of nitrogens with one attached hydrogen (secondary N) is 1. The SMILES string of the molecule is Cc1c(Cl)cccc1Nc1nnc(SCc2ccc(F)cc2)n(C)c1=O. The lowest BCUT2D eigenvalue weighted by atomic mass is 10.2. The van der Waals surface area contributed by atoms with Crippen molar-refractivity contribution in [3.63, 3.8) is 0 Å². The molecule has 0 saturated carbocycles. The van der Waals surface area contributed by atoms with Crippen LogP contribution in [0.3, 0.4) is 0 Å². The standard InChI is InChI=1S/C18H16ClFN4OS/c1-11-14(19)4-3-5-15(11)21-16-17(25)24(2)18(23-22-16)26-10-12-6-8-13(20)9-7-12/h3-9H,10H2,1-2H3,(H,21,22). The lowest BCUT2D eigenvalue weighted by molar-refractivity contribution is 0.627. The minimum absolute atomic E-state index is 0.129. The lowest BCUT2D eigenvalue weighted by Crippen LogP contribution is -2.24. The molecule has 3 rings (SSSR count). The second kappa shape index (κ2) is 7.88. The predicted molar refractivity (Wildman–Crippen MR) is 103 cm³/mol. The van der Waals surface area contributed by atoms with E-state index in [0.29, 0.717) is 21.6 Å². The monoisotopic (exact) mass is 390 g/mol. The molecular weight excluding hydrogens is 375 g/mol. The van der Waals surface area contributed by atoms with Gasteiger partial charge in [0.1, 0.15) is 5.82 Å². The maximum absolute atomic E-state index is 13.0. The molecule has 0 aliphatic rings. The second-order valence-electron chi connectivity index (χ2n) is 5.65. The maximum atomic E-state index is 13.0. The summed E-state index contributed by atoms with van der Waals surface area (Å²) in [5.74, 6) is 0.407. The van der Waals surface area contributed by atoms with Crippen LogP contribution in [0.15, 0.2) is 52.4 Å². The Labute approximate surface area is 159 Å². The van der Waals surface area contributed by atoms with Crippen molar-refractivity contribution in [3.05, 3.63) is 74.8 Å². The molecule has 0 atom stereocenters. The summed E-state index contributed by atoms with van der Waals surface area (Å²) in [6, 6.07) is 11.6. The smallest absolute Gasteiger partial charge is 0.297 e. The third-order valence-electron chi connectivity index (χ3n) is 3.83. The molecule has 0 spiro atoms. The topological polar surface area (TPSA) is 59.8 Å². The fraction of sp³-hybridized carbons (Fsp3) is 0.167. The summed E-state index contributed by atoms with van der Waals surface area (Å²) in [5.41, 5.74) is 2.17. The summed E-state index contributed by atoms with van der Waals surface area (Å²) < 4.78 is 14.4. The van der Waals surface area contributed by atoms with Gasteiger partial charge in [0.2, 0.25) is 5.82 Å². The Balaban J connectivity index is 1.79. The van der Waals surface area contributed by atoms with Crippen molar-refractivity contribution in [1.82, 2.24) is 14.8 Å². The number of anilines is 2. The number of aromatic nitrogens is 3. The second-order valence-corrected chi connectivity index (χ2v) is 7.00. The number of thioether (sulfide) groups is 1. The summed E-state index contributed by atoms with van der Waals surface area (Å²) in [5, 5.41) is 12.2. The average Bonchev–Trinajstić information content (AvgIpc) is 2.63. The molecule has 1 aromatic heterocycles. The van der Waals surface area contributed by atoms with E-state index in [4.69, 9.17) is 11.6 Å². The van der Waals surface area contributed by atoms with Gasteiger partial charge in [-0.2, -0.15) is 0 Å². The predicted octanol–water partition coefficient (Wildman–Crippen LogP) is 4.31. The van der Waals surface area contributed by atoms with Gasteiger partial charge in [0, 0.05) is 23.5 Å². The van der Waals surface area contributed by atoms with Crippen LogP contribution in [0, 0.1) is 12.7 Å². The van der Waals surface area contributed by atoms with Crippen molar-refractivity contribution in [2.45, 2.75) is 17.8 Å². The zero-order valence-electron chi connectivity index (χ0n) is 14.2. The normalized spacial score (nSPS) is 10.8. The molecule has 0 bridgehead atoms. The molecule has 0 radical (unpaired) electrons. The Hall–Kier alpha value is -2.38. The first-order valence-corrected chi connectivity index (χ1v) is 9.15. The van der Waals surface area contributed by atoms with Gasteiger partial charge in [-0.05, 0) is 42.3 Å². The third kappa shape index (κ3) is 4.05. The molecule has 2 aromatic carbocycles. The van der Waals surface area contributed by atoms with Crippen LogP contribution in [0.2, 0.25) is 5.02 Å². The van der Waals surface area contributed by atoms with E-state index in [-0.39, 0.29) is 17.2 Å². The molecule has 0 fully saturated rings. The van der Waals surface area contributed by atoms with Crippen molar-refractivity contribution in [2.24, 2.45) is 7.05 Å². The Bertz CT molecular complexity index is 991. The Morgan fingerprint density at radius 1 is 1.19 bits per heavy atom. The quantitative estimate of drug-likeness (QED) is 0.658. The molecular formula is C18H16ClFN4OS. The molecule has 134 valence electrons. The molecule has 0 aliphatic carbocycles. The highest BCUT2D eigenvalue weighted by atomic mass is 35.5. The van der Waals surface area contributed by atoms with Gasteiger partial charge >= 0.3 is 0 Å². The van der Waals surface area contributed by atoms with E-state index in [9.17, 15) is 9.18 Å². The van der Waals surface area contributed by atoms with E-state index in [1.807, 2.05) is 13.0 Å². The number of rotatable bonds is 5. The molecule has 0 unspecified atom stereocenters. The van der Waals surface area contributed by atoms with Crippen LogP contribution < -0.4 is 10.9 Å². The first-order valence-electron chi connectivity index (χ1n) is 7.79. The fourth-order valence-electron chi connectivity index (χ4n) is 2.25. The maximum Gasteiger partial charge on any atom is 0.297 e. The van der Waals surface area contributed by atoms with E-state index < -0.39 is 0 Å². The zero-order valence-corrected chi connectivity index (χ0v) is 15.7. The summed E-state index contributed by atoms with van der Waals surface area (Å²) >= 11 is 7.46. The summed E-state index contributed by atoms with van der Waals surface area (Å²) in [6.07, 6.45) is 0. The molecule has 5 nitrogen and oxygen atoms in total. The van der Waals surface area contributed by atoms with Crippen LogP contribution in [0.1, 0.15) is 11.1 Å². The number of benzene rings is 2. The largest absolute Gasteiger partial charge is 0.334 e. The Kier molecular flexibility index (Phi) is 5.58. The molecule has 8 heteroatoms. The highest BCUT2D eigenvalue weighted by molar-refractivity contribution is 7.98.